The predicted molar refractivity (Wildman–Crippen MR) is 71.8 cm³/mol. The summed E-state index contributed by atoms with van der Waals surface area (Å²) in [5.41, 5.74) is -1.43. The third kappa shape index (κ3) is 4.87. The summed E-state index contributed by atoms with van der Waals surface area (Å²) >= 11 is 0. The Kier molecular flexibility index (Phi) is 6.38. The molecule has 1 heterocycles. The van der Waals surface area contributed by atoms with Gasteiger partial charge in [-0.1, -0.05) is 0 Å². The Morgan fingerprint density at radius 2 is 2.14 bits per heavy atom. The predicted octanol–water partition coefficient (Wildman–Crippen LogP) is -1.32. The normalized spacial score (nSPS) is 22.4. The molecule has 0 aliphatic carbocycles. The van der Waals surface area contributed by atoms with E-state index in [1.807, 2.05) is 0 Å². The van der Waals surface area contributed by atoms with Gasteiger partial charge >= 0.3 is 12.0 Å². The lowest BCUT2D eigenvalue weighted by atomic mass is 9.99. The van der Waals surface area contributed by atoms with Crippen LogP contribution in [0.2, 0.25) is 0 Å². The number of carbonyl (C=O) groups excluding carboxylic acids is 2. The summed E-state index contributed by atoms with van der Waals surface area (Å²) in [6, 6.07) is -1.52. The molecular weight excluding hydrogens is 282 g/mol. The Balaban J connectivity index is 2.45. The molecule has 0 aromatic heterocycles. The van der Waals surface area contributed by atoms with Crippen LogP contribution in [-0.2, 0) is 19.1 Å². The number of hydrogen-bond donors (Lipinski definition) is 4. The second-order valence-electron chi connectivity index (χ2n) is 4.79. The number of methoxy groups -OCH3 is 1. The van der Waals surface area contributed by atoms with Gasteiger partial charge in [0.2, 0.25) is 5.91 Å². The fraction of sp³-hybridized carbons (Fsp3) is 0.750. The lowest BCUT2D eigenvalue weighted by Gasteiger charge is -2.25. The van der Waals surface area contributed by atoms with E-state index in [2.05, 4.69) is 16.0 Å². The average molecular weight is 303 g/mol. The highest BCUT2D eigenvalue weighted by atomic mass is 16.5. The van der Waals surface area contributed by atoms with Crippen molar-refractivity contribution in [3.05, 3.63) is 0 Å². The van der Waals surface area contributed by atoms with Crippen LogP contribution in [0.5, 0.6) is 0 Å². The number of carboxylic acids is 1. The van der Waals surface area contributed by atoms with Crippen molar-refractivity contribution in [2.24, 2.45) is 0 Å². The van der Waals surface area contributed by atoms with E-state index in [1.54, 1.807) is 0 Å². The number of ether oxygens (including phenoxy) is 2. The van der Waals surface area contributed by atoms with Gasteiger partial charge < -0.3 is 30.5 Å². The number of carbonyl (C=O) groups is 3. The second kappa shape index (κ2) is 7.79. The molecule has 0 saturated carbocycles. The topological polar surface area (TPSA) is 126 Å². The third-order valence-corrected chi connectivity index (χ3v) is 3.13. The van der Waals surface area contributed by atoms with Gasteiger partial charge in [-0.3, -0.25) is 4.79 Å². The average Bonchev–Trinajstić information content (AvgIpc) is 2.88. The summed E-state index contributed by atoms with van der Waals surface area (Å²) in [5, 5.41) is 16.5. The molecule has 0 radical (unpaired) electrons. The monoisotopic (exact) mass is 303 g/mol. The number of amides is 3. The smallest absolute Gasteiger partial charge is 0.332 e. The van der Waals surface area contributed by atoms with Gasteiger partial charge in [0.1, 0.15) is 6.04 Å². The summed E-state index contributed by atoms with van der Waals surface area (Å²) in [6.07, 6.45) is 0.185. The molecule has 120 valence electrons. The molecule has 1 fully saturated rings. The van der Waals surface area contributed by atoms with Crippen LogP contribution in [0.4, 0.5) is 4.79 Å². The van der Waals surface area contributed by atoms with E-state index in [1.165, 1.54) is 14.0 Å². The molecule has 0 aromatic rings. The SMILES string of the molecule is COCCNC(=O)C(C)NC(=O)NC1(C(=O)O)CCOC1. The molecule has 3 amide bonds. The van der Waals surface area contributed by atoms with Crippen molar-refractivity contribution >= 4 is 17.9 Å². The molecule has 0 bridgehead atoms. The molecule has 0 spiro atoms. The summed E-state index contributed by atoms with van der Waals surface area (Å²) in [5.74, 6) is -1.54. The Labute approximate surface area is 122 Å². The van der Waals surface area contributed by atoms with Crippen molar-refractivity contribution in [1.29, 1.82) is 0 Å². The molecule has 1 saturated heterocycles. The van der Waals surface area contributed by atoms with Crippen LogP contribution in [0, 0.1) is 0 Å². The van der Waals surface area contributed by atoms with E-state index in [-0.39, 0.29) is 25.5 Å². The maximum absolute atomic E-state index is 11.8. The Morgan fingerprint density at radius 1 is 1.43 bits per heavy atom. The van der Waals surface area contributed by atoms with Gasteiger partial charge in [0.25, 0.3) is 0 Å². The highest BCUT2D eigenvalue weighted by Gasteiger charge is 2.44. The first-order chi connectivity index (χ1) is 9.91. The van der Waals surface area contributed by atoms with Crippen LogP contribution in [0.15, 0.2) is 0 Å². The molecular formula is C12H21N3O6. The second-order valence-corrected chi connectivity index (χ2v) is 4.79. The number of aliphatic carboxylic acids is 1. The number of rotatable bonds is 7. The van der Waals surface area contributed by atoms with Crippen molar-refractivity contribution in [3.63, 3.8) is 0 Å². The van der Waals surface area contributed by atoms with Gasteiger partial charge in [-0.2, -0.15) is 0 Å². The van der Waals surface area contributed by atoms with E-state index in [0.717, 1.165) is 0 Å². The van der Waals surface area contributed by atoms with E-state index in [4.69, 9.17) is 9.47 Å². The highest BCUT2D eigenvalue weighted by Crippen LogP contribution is 2.18. The van der Waals surface area contributed by atoms with Gasteiger partial charge in [0.15, 0.2) is 5.54 Å². The number of carboxylic acid groups (broad SMARTS) is 1. The molecule has 1 aliphatic rings. The lowest BCUT2D eigenvalue weighted by molar-refractivity contribution is -0.144. The Bertz CT molecular complexity index is 394. The van der Waals surface area contributed by atoms with Crippen LogP contribution in [0.3, 0.4) is 0 Å². The van der Waals surface area contributed by atoms with Crippen molar-refractivity contribution in [1.82, 2.24) is 16.0 Å². The number of urea groups is 1. The van der Waals surface area contributed by atoms with E-state index in [0.29, 0.717) is 13.2 Å². The minimum atomic E-state index is -1.43. The van der Waals surface area contributed by atoms with Crippen LogP contribution >= 0.6 is 0 Å². The molecule has 0 aromatic carbocycles. The zero-order chi connectivity index (χ0) is 15.9. The van der Waals surface area contributed by atoms with Crippen molar-refractivity contribution in [2.75, 3.05) is 33.5 Å². The van der Waals surface area contributed by atoms with Crippen LogP contribution in [0.25, 0.3) is 0 Å². The molecule has 9 heteroatoms. The molecule has 2 unspecified atom stereocenters. The molecule has 4 N–H and O–H groups in total. The van der Waals surface area contributed by atoms with Gasteiger partial charge in [0, 0.05) is 26.7 Å². The summed E-state index contributed by atoms with van der Waals surface area (Å²) in [6.45, 7) is 2.37. The van der Waals surface area contributed by atoms with Crippen LogP contribution in [0.1, 0.15) is 13.3 Å². The highest BCUT2D eigenvalue weighted by molar-refractivity contribution is 5.90. The zero-order valence-electron chi connectivity index (χ0n) is 12.1. The fourth-order valence-corrected chi connectivity index (χ4v) is 1.83. The van der Waals surface area contributed by atoms with Gasteiger partial charge in [-0.25, -0.2) is 9.59 Å². The molecule has 1 aliphatic heterocycles. The van der Waals surface area contributed by atoms with Crippen LogP contribution in [-0.4, -0.2) is 68.1 Å². The number of hydrogen-bond acceptors (Lipinski definition) is 5. The standard InChI is InChI=1S/C12H21N3O6/c1-8(9(16)13-4-6-20-2)14-11(19)15-12(10(17)18)3-5-21-7-12/h8H,3-7H2,1-2H3,(H,13,16)(H,17,18)(H2,14,15,19). The zero-order valence-corrected chi connectivity index (χ0v) is 12.1. The van der Waals surface area contributed by atoms with E-state index in [9.17, 15) is 19.5 Å². The maximum Gasteiger partial charge on any atom is 0.332 e. The number of nitrogens with one attached hydrogen (secondary N) is 3. The summed E-state index contributed by atoms with van der Waals surface area (Å²) < 4.78 is 9.81. The molecule has 2 atom stereocenters. The first-order valence-corrected chi connectivity index (χ1v) is 6.58. The van der Waals surface area contributed by atoms with Gasteiger partial charge in [0.05, 0.1) is 13.2 Å². The minimum Gasteiger partial charge on any atom is -0.479 e. The van der Waals surface area contributed by atoms with Crippen molar-refractivity contribution in [3.8, 4) is 0 Å². The first kappa shape index (κ1) is 17.2. The maximum atomic E-state index is 11.8. The lowest BCUT2D eigenvalue weighted by Crippen LogP contribution is -2.60. The fourth-order valence-electron chi connectivity index (χ4n) is 1.83. The largest absolute Gasteiger partial charge is 0.479 e. The molecule has 21 heavy (non-hydrogen) atoms. The van der Waals surface area contributed by atoms with E-state index < -0.39 is 23.6 Å². The summed E-state index contributed by atoms with van der Waals surface area (Å²) in [4.78, 5) is 34.7. The van der Waals surface area contributed by atoms with Crippen LogP contribution < -0.4 is 16.0 Å². The first-order valence-electron chi connectivity index (χ1n) is 6.58. The van der Waals surface area contributed by atoms with E-state index >= 15 is 0 Å². The quantitative estimate of drug-likeness (QED) is 0.432. The molecule has 9 nitrogen and oxygen atoms in total. The van der Waals surface area contributed by atoms with Gasteiger partial charge in [-0.15, -0.1) is 0 Å². The van der Waals surface area contributed by atoms with Crippen molar-refractivity contribution in [2.45, 2.75) is 24.9 Å². The minimum absolute atomic E-state index is 0.0931. The summed E-state index contributed by atoms with van der Waals surface area (Å²) in [7, 11) is 1.51. The Hall–Kier alpha value is -1.87. The van der Waals surface area contributed by atoms with Crippen molar-refractivity contribution < 1.29 is 29.0 Å². The van der Waals surface area contributed by atoms with Gasteiger partial charge in [-0.05, 0) is 6.92 Å². The molecule has 1 rings (SSSR count). The Morgan fingerprint density at radius 3 is 2.67 bits per heavy atom. The third-order valence-electron chi connectivity index (χ3n) is 3.13.